The number of nitrogens with two attached hydrogens (primary N) is 3. The SMILES string of the molecule is NC(=O)c1cc2c(S(=O)(=O)c3ccccc3)cncc2s1.NC(=O)c1cc2c(S(=O)c3ccccc3)cncc2s1.NC(=O)c1cc2c(Sc3ccccc3)cncc2s1. The van der Waals surface area contributed by atoms with E-state index in [4.69, 9.17) is 17.2 Å². The van der Waals surface area contributed by atoms with Crippen LogP contribution in [-0.2, 0) is 20.6 Å². The molecule has 9 aromatic rings. The van der Waals surface area contributed by atoms with Gasteiger partial charge in [-0.25, -0.2) is 12.6 Å². The van der Waals surface area contributed by atoms with Crippen molar-refractivity contribution in [2.75, 3.05) is 0 Å². The third-order valence-electron chi connectivity index (χ3n) is 8.43. The fraction of sp³-hybridized carbons (Fsp3) is 0. The first kappa shape index (κ1) is 42.0. The molecule has 0 aliphatic carbocycles. The number of hydrogen-bond acceptors (Lipinski definition) is 13. The Morgan fingerprint density at radius 1 is 0.550 bits per heavy atom. The van der Waals surface area contributed by atoms with Crippen molar-refractivity contribution in [3.8, 4) is 0 Å². The lowest BCUT2D eigenvalue weighted by molar-refractivity contribution is 0.0995. The summed E-state index contributed by atoms with van der Waals surface area (Å²) in [4.78, 5) is 51.1. The second-order valence-corrected chi connectivity index (χ2v) is 20.1. The van der Waals surface area contributed by atoms with Crippen LogP contribution in [0.2, 0.25) is 0 Å². The molecule has 0 saturated heterocycles. The highest BCUT2D eigenvalue weighted by atomic mass is 32.2. The van der Waals surface area contributed by atoms with Gasteiger partial charge >= 0.3 is 0 Å². The van der Waals surface area contributed by atoms with Gasteiger partial charge in [-0.15, -0.1) is 34.0 Å². The summed E-state index contributed by atoms with van der Waals surface area (Å²) >= 11 is 5.40. The Morgan fingerprint density at radius 3 is 1.57 bits per heavy atom. The topological polar surface area (TPSA) is 219 Å². The molecule has 0 aliphatic rings. The lowest BCUT2D eigenvalue weighted by atomic mass is 10.3. The minimum atomic E-state index is -3.69. The summed E-state index contributed by atoms with van der Waals surface area (Å²) in [6.45, 7) is 0. The van der Waals surface area contributed by atoms with E-state index in [2.05, 4.69) is 15.0 Å². The number of carbonyl (C=O) groups excluding carboxylic acids is 3. The summed E-state index contributed by atoms with van der Waals surface area (Å²) in [6, 6.07) is 32.3. The van der Waals surface area contributed by atoms with Gasteiger partial charge in [0.25, 0.3) is 17.7 Å². The summed E-state index contributed by atoms with van der Waals surface area (Å²) in [5, 5.41) is 2.26. The number of thiophene rings is 3. The largest absolute Gasteiger partial charge is 0.365 e. The highest BCUT2D eigenvalue weighted by Gasteiger charge is 2.23. The molecule has 6 aromatic heterocycles. The van der Waals surface area contributed by atoms with Crippen molar-refractivity contribution in [3.05, 3.63) is 161 Å². The molecule has 9 rings (SSSR count). The van der Waals surface area contributed by atoms with Crippen molar-refractivity contribution in [2.24, 2.45) is 17.2 Å². The van der Waals surface area contributed by atoms with Crippen LogP contribution in [0.15, 0.2) is 176 Å². The molecule has 6 heterocycles. The average molecular weight is 907 g/mol. The van der Waals surface area contributed by atoms with Crippen LogP contribution in [-0.4, -0.2) is 45.3 Å². The molecule has 0 bridgehead atoms. The molecule has 6 N–H and O–H groups in total. The molecule has 0 spiro atoms. The quantitative estimate of drug-likeness (QED) is 0.126. The first-order valence-electron chi connectivity index (χ1n) is 17.4. The van der Waals surface area contributed by atoms with E-state index in [0.717, 1.165) is 41.3 Å². The molecule has 3 amide bonds. The molecule has 1 atom stereocenters. The van der Waals surface area contributed by atoms with E-state index in [1.807, 2.05) is 60.8 Å². The van der Waals surface area contributed by atoms with E-state index in [9.17, 15) is 27.0 Å². The van der Waals surface area contributed by atoms with Crippen molar-refractivity contribution < 1.29 is 27.0 Å². The normalized spacial score (nSPS) is 11.6. The summed E-state index contributed by atoms with van der Waals surface area (Å²) in [5.74, 6) is -1.46. The molecule has 3 aromatic carbocycles. The van der Waals surface area contributed by atoms with Gasteiger partial charge in [-0.2, -0.15) is 0 Å². The zero-order valence-electron chi connectivity index (χ0n) is 30.8. The number of aromatic nitrogens is 3. The van der Waals surface area contributed by atoms with Crippen LogP contribution in [0.5, 0.6) is 0 Å². The fourth-order valence-corrected chi connectivity index (χ4v) is 12.1. The molecule has 1 unspecified atom stereocenters. The standard InChI is InChI=1S/C14H10N2O3S2.C14H10N2O2S2.C14H10N2OS2/c15-14(17)11-6-10-12(20-11)7-16-8-13(10)21(18,19)9-4-2-1-3-5-9;15-14(17)11-6-10-12(19-11)7-16-8-13(10)20(18)9-4-2-1-3-5-9;15-14(17)11-6-10-12(7-16-8-13(10)19-11)18-9-4-2-1-3-5-9/h1-8H,(H2,15,17);1-8H,(H2,15,17);1-8H,(H2,15,17). The molecule has 0 fully saturated rings. The molecular weight excluding hydrogens is 877 g/mol. The van der Waals surface area contributed by atoms with Crippen molar-refractivity contribution in [3.63, 3.8) is 0 Å². The highest BCUT2D eigenvalue weighted by molar-refractivity contribution is 7.99. The van der Waals surface area contributed by atoms with E-state index in [1.165, 1.54) is 53.3 Å². The van der Waals surface area contributed by atoms with Crippen LogP contribution in [0.3, 0.4) is 0 Å². The number of carbonyl (C=O) groups is 3. The van der Waals surface area contributed by atoms with E-state index in [1.54, 1.807) is 66.8 Å². The Hall–Kier alpha value is -6.15. The molecule has 0 aliphatic heterocycles. The van der Waals surface area contributed by atoms with Crippen LogP contribution in [0, 0.1) is 0 Å². The van der Waals surface area contributed by atoms with Gasteiger partial charge in [-0.05, 0) is 54.6 Å². The first-order chi connectivity index (χ1) is 28.9. The Bertz CT molecular complexity index is 3160. The minimum Gasteiger partial charge on any atom is -0.365 e. The van der Waals surface area contributed by atoms with Crippen molar-refractivity contribution >= 4 is 114 Å². The van der Waals surface area contributed by atoms with Crippen molar-refractivity contribution in [1.29, 1.82) is 0 Å². The van der Waals surface area contributed by atoms with Crippen molar-refractivity contribution in [2.45, 2.75) is 29.4 Å². The zero-order chi connectivity index (χ0) is 42.4. The molecule has 0 radical (unpaired) electrons. The maximum Gasteiger partial charge on any atom is 0.258 e. The number of nitrogens with zero attached hydrogens (tertiary/aromatic N) is 3. The van der Waals surface area contributed by atoms with Gasteiger partial charge in [0.05, 0.1) is 54.2 Å². The monoisotopic (exact) mass is 906 g/mol. The molecular formula is C42H30N6O6S6. The summed E-state index contributed by atoms with van der Waals surface area (Å²) < 4.78 is 40.3. The number of pyridine rings is 3. The maximum absolute atomic E-state index is 12.7. The number of fused-ring (bicyclic) bond motifs is 3. The Labute approximate surface area is 361 Å². The third-order valence-corrected chi connectivity index (χ3v) is 16.0. The van der Waals surface area contributed by atoms with E-state index < -0.39 is 38.4 Å². The van der Waals surface area contributed by atoms with E-state index in [-0.39, 0.29) is 9.79 Å². The lowest BCUT2D eigenvalue weighted by Crippen LogP contribution is -2.08. The number of sulfone groups is 1. The van der Waals surface area contributed by atoms with Crippen LogP contribution >= 0.6 is 45.8 Å². The summed E-state index contributed by atoms with van der Waals surface area (Å²) in [6.07, 6.45) is 9.62. The maximum atomic E-state index is 12.7. The lowest BCUT2D eigenvalue weighted by Gasteiger charge is -2.05. The number of benzene rings is 3. The number of hydrogen-bond donors (Lipinski definition) is 3. The van der Waals surface area contributed by atoms with E-state index >= 15 is 0 Å². The van der Waals surface area contributed by atoms with Crippen molar-refractivity contribution in [1.82, 2.24) is 15.0 Å². The predicted molar refractivity (Wildman–Crippen MR) is 238 cm³/mol. The van der Waals surface area contributed by atoms with Gasteiger partial charge < -0.3 is 17.2 Å². The van der Waals surface area contributed by atoms with Gasteiger partial charge in [-0.3, -0.25) is 29.3 Å². The Kier molecular flexibility index (Phi) is 12.9. The van der Waals surface area contributed by atoms with Gasteiger partial charge in [0, 0.05) is 68.0 Å². The number of primary amides is 3. The molecule has 300 valence electrons. The summed E-state index contributed by atoms with van der Waals surface area (Å²) in [7, 11) is -5.02. The van der Waals surface area contributed by atoms with Crippen LogP contribution in [0.4, 0.5) is 0 Å². The average Bonchev–Trinajstić information content (AvgIpc) is 4.03. The van der Waals surface area contributed by atoms with Gasteiger partial charge in [0.1, 0.15) is 0 Å². The highest BCUT2D eigenvalue weighted by Crippen LogP contribution is 2.37. The molecule has 60 heavy (non-hydrogen) atoms. The smallest absolute Gasteiger partial charge is 0.258 e. The second kappa shape index (κ2) is 18.4. The number of amides is 3. The minimum absolute atomic E-state index is 0.0787. The third kappa shape index (κ3) is 9.33. The molecule has 12 nitrogen and oxygen atoms in total. The fourth-order valence-electron chi connectivity index (χ4n) is 5.63. The van der Waals surface area contributed by atoms with Crippen LogP contribution < -0.4 is 17.2 Å². The second-order valence-electron chi connectivity index (χ2n) is 12.4. The Morgan fingerprint density at radius 2 is 1.00 bits per heavy atom. The number of rotatable bonds is 9. The molecule has 0 saturated carbocycles. The first-order valence-corrected chi connectivity index (χ1v) is 23.3. The summed E-state index contributed by atoms with van der Waals surface area (Å²) in [5.41, 5.74) is 15.9. The predicted octanol–water partition coefficient (Wildman–Crippen LogP) is 8.34. The van der Waals surface area contributed by atoms with Gasteiger partial charge in [-0.1, -0.05) is 66.4 Å². The Balaban J connectivity index is 0.000000136. The van der Waals surface area contributed by atoms with Gasteiger partial charge in [0.15, 0.2) is 0 Å². The zero-order valence-corrected chi connectivity index (χ0v) is 35.7. The van der Waals surface area contributed by atoms with Crippen LogP contribution in [0.25, 0.3) is 30.3 Å². The van der Waals surface area contributed by atoms with Gasteiger partial charge in [0.2, 0.25) is 9.84 Å². The van der Waals surface area contributed by atoms with Crippen LogP contribution in [0.1, 0.15) is 29.0 Å². The van der Waals surface area contributed by atoms with E-state index in [0.29, 0.717) is 34.5 Å². The molecule has 18 heteroatoms.